The van der Waals surface area contributed by atoms with Crippen LogP contribution in [0.3, 0.4) is 0 Å². The maximum absolute atomic E-state index is 11.9. The van der Waals surface area contributed by atoms with Gasteiger partial charge in [0.15, 0.2) is 0 Å². The second-order valence-electron chi connectivity index (χ2n) is 5.04. The molecule has 2 aliphatic heterocycles. The standard InChI is InChI=1S/C12H16N2O3/c1-12(2,3)17-11(16)14-9-6-4-5-7-13(9)8-10(14)15/h4-6H,7-8H2,1-3H3. The molecule has 0 radical (unpaired) electrons. The van der Waals surface area contributed by atoms with Gasteiger partial charge in [-0.05, 0) is 26.8 Å². The minimum absolute atomic E-state index is 0.232. The van der Waals surface area contributed by atoms with E-state index in [1.807, 2.05) is 17.1 Å². The fraction of sp³-hybridized carbons (Fsp3) is 0.500. The Morgan fingerprint density at radius 1 is 1.41 bits per heavy atom. The van der Waals surface area contributed by atoms with Crippen LogP contribution in [0.1, 0.15) is 20.8 Å². The Labute approximate surface area is 100 Å². The lowest BCUT2D eigenvalue weighted by molar-refractivity contribution is -0.125. The van der Waals surface area contributed by atoms with E-state index in [-0.39, 0.29) is 12.5 Å². The first kappa shape index (κ1) is 11.7. The van der Waals surface area contributed by atoms with E-state index < -0.39 is 11.7 Å². The number of ether oxygens (including phenoxy) is 1. The predicted molar refractivity (Wildman–Crippen MR) is 61.9 cm³/mol. The Morgan fingerprint density at radius 3 is 2.76 bits per heavy atom. The molecule has 0 N–H and O–H groups in total. The minimum Gasteiger partial charge on any atom is -0.443 e. The Morgan fingerprint density at radius 2 is 2.12 bits per heavy atom. The summed E-state index contributed by atoms with van der Waals surface area (Å²) < 4.78 is 5.22. The highest BCUT2D eigenvalue weighted by molar-refractivity contribution is 5.97. The molecule has 17 heavy (non-hydrogen) atoms. The number of nitrogens with zero attached hydrogens (tertiary/aromatic N) is 2. The van der Waals surface area contributed by atoms with E-state index in [2.05, 4.69) is 0 Å². The smallest absolute Gasteiger partial charge is 0.422 e. The van der Waals surface area contributed by atoms with Gasteiger partial charge in [0.1, 0.15) is 11.4 Å². The second kappa shape index (κ2) is 3.91. The molecule has 2 amide bonds. The third-order valence-corrected chi connectivity index (χ3v) is 2.41. The number of hydrogen-bond donors (Lipinski definition) is 0. The van der Waals surface area contributed by atoms with Crippen molar-refractivity contribution in [2.75, 3.05) is 13.1 Å². The molecular formula is C12H16N2O3. The SMILES string of the molecule is CC(C)(C)OC(=O)N1C(=O)CN2CC=CC=C21. The highest BCUT2D eigenvalue weighted by atomic mass is 16.6. The molecule has 0 atom stereocenters. The summed E-state index contributed by atoms with van der Waals surface area (Å²) in [4.78, 5) is 26.6. The lowest BCUT2D eigenvalue weighted by atomic mass is 10.2. The first-order valence-corrected chi connectivity index (χ1v) is 5.56. The Bertz CT molecular complexity index is 418. The second-order valence-corrected chi connectivity index (χ2v) is 5.04. The summed E-state index contributed by atoms with van der Waals surface area (Å²) in [5.41, 5.74) is -0.601. The number of hydrogen-bond acceptors (Lipinski definition) is 4. The van der Waals surface area contributed by atoms with Crippen molar-refractivity contribution in [3.63, 3.8) is 0 Å². The summed E-state index contributed by atoms with van der Waals surface area (Å²) in [5, 5.41) is 0. The molecule has 5 nitrogen and oxygen atoms in total. The monoisotopic (exact) mass is 236 g/mol. The molecule has 0 unspecified atom stereocenters. The maximum Gasteiger partial charge on any atom is 0.422 e. The molecule has 1 saturated heterocycles. The van der Waals surface area contributed by atoms with Crippen molar-refractivity contribution in [1.29, 1.82) is 0 Å². The zero-order valence-corrected chi connectivity index (χ0v) is 10.3. The van der Waals surface area contributed by atoms with Gasteiger partial charge in [-0.3, -0.25) is 4.79 Å². The van der Waals surface area contributed by atoms with E-state index in [9.17, 15) is 9.59 Å². The zero-order chi connectivity index (χ0) is 12.6. The lowest BCUT2D eigenvalue weighted by Crippen LogP contribution is -2.37. The van der Waals surface area contributed by atoms with E-state index in [1.165, 1.54) is 0 Å². The molecule has 0 aromatic heterocycles. The molecule has 0 bridgehead atoms. The van der Waals surface area contributed by atoms with E-state index in [1.54, 1.807) is 26.8 Å². The van der Waals surface area contributed by atoms with Crippen LogP contribution in [-0.2, 0) is 9.53 Å². The number of imide groups is 1. The molecule has 0 aliphatic carbocycles. The number of carbonyl (C=O) groups excluding carboxylic acids is 2. The van der Waals surface area contributed by atoms with Crippen LogP contribution in [0, 0.1) is 0 Å². The van der Waals surface area contributed by atoms with Crippen molar-refractivity contribution < 1.29 is 14.3 Å². The molecular weight excluding hydrogens is 220 g/mol. The Balaban J connectivity index is 2.19. The number of carbonyl (C=O) groups is 2. The number of amides is 2. The molecule has 1 fully saturated rings. The van der Waals surface area contributed by atoms with Crippen LogP contribution in [0.15, 0.2) is 24.0 Å². The maximum atomic E-state index is 11.9. The predicted octanol–water partition coefficient (Wildman–Crippen LogP) is 1.48. The van der Waals surface area contributed by atoms with Gasteiger partial charge in [-0.1, -0.05) is 12.2 Å². The number of fused-ring (bicyclic) bond motifs is 1. The van der Waals surface area contributed by atoms with Crippen molar-refractivity contribution in [1.82, 2.24) is 9.80 Å². The molecule has 0 aromatic rings. The van der Waals surface area contributed by atoms with Crippen LogP contribution >= 0.6 is 0 Å². The summed E-state index contributed by atoms with van der Waals surface area (Å²) in [7, 11) is 0. The summed E-state index contributed by atoms with van der Waals surface area (Å²) in [6.45, 7) is 6.21. The van der Waals surface area contributed by atoms with Crippen LogP contribution < -0.4 is 0 Å². The fourth-order valence-electron chi connectivity index (χ4n) is 1.77. The first-order chi connectivity index (χ1) is 7.88. The Kier molecular flexibility index (Phi) is 2.69. The van der Waals surface area contributed by atoms with E-state index in [0.717, 1.165) is 4.90 Å². The van der Waals surface area contributed by atoms with E-state index in [4.69, 9.17) is 4.74 Å². The number of rotatable bonds is 0. The summed E-state index contributed by atoms with van der Waals surface area (Å²) in [6, 6.07) is 0. The van der Waals surface area contributed by atoms with Crippen molar-refractivity contribution in [2.45, 2.75) is 26.4 Å². The van der Waals surface area contributed by atoms with Crippen molar-refractivity contribution in [3.8, 4) is 0 Å². The molecule has 2 rings (SSSR count). The third kappa shape index (κ3) is 2.33. The fourth-order valence-corrected chi connectivity index (χ4v) is 1.77. The minimum atomic E-state index is -0.605. The molecule has 0 spiro atoms. The van der Waals surface area contributed by atoms with Crippen LogP contribution in [0.2, 0.25) is 0 Å². The highest BCUT2D eigenvalue weighted by Gasteiger charge is 2.39. The van der Waals surface area contributed by atoms with Gasteiger partial charge in [-0.2, -0.15) is 4.90 Å². The van der Waals surface area contributed by atoms with Crippen LogP contribution in [0.5, 0.6) is 0 Å². The van der Waals surface area contributed by atoms with Gasteiger partial charge in [0.25, 0.3) is 5.91 Å². The molecule has 5 heteroatoms. The van der Waals surface area contributed by atoms with Crippen molar-refractivity contribution >= 4 is 12.0 Å². The summed E-state index contributed by atoms with van der Waals surface area (Å²) >= 11 is 0. The Hall–Kier alpha value is -1.78. The molecule has 2 heterocycles. The van der Waals surface area contributed by atoms with Gasteiger partial charge in [0, 0.05) is 6.54 Å². The molecule has 2 aliphatic rings. The van der Waals surface area contributed by atoms with Gasteiger partial charge in [0.2, 0.25) is 0 Å². The average molecular weight is 236 g/mol. The number of allylic oxidation sites excluding steroid dienone is 2. The zero-order valence-electron chi connectivity index (χ0n) is 10.3. The van der Waals surface area contributed by atoms with Gasteiger partial charge in [-0.25, -0.2) is 4.79 Å². The van der Waals surface area contributed by atoms with Gasteiger partial charge in [-0.15, -0.1) is 0 Å². The van der Waals surface area contributed by atoms with Gasteiger partial charge < -0.3 is 9.64 Å². The highest BCUT2D eigenvalue weighted by Crippen LogP contribution is 2.24. The van der Waals surface area contributed by atoms with Crippen LogP contribution in [0.4, 0.5) is 4.79 Å². The van der Waals surface area contributed by atoms with Gasteiger partial charge in [0.05, 0.1) is 6.54 Å². The average Bonchev–Trinajstić information content (AvgIpc) is 2.50. The van der Waals surface area contributed by atoms with E-state index in [0.29, 0.717) is 12.4 Å². The quantitative estimate of drug-likeness (QED) is 0.639. The van der Waals surface area contributed by atoms with Crippen molar-refractivity contribution in [3.05, 3.63) is 24.0 Å². The summed E-state index contributed by atoms with van der Waals surface area (Å²) in [6.07, 6.45) is 4.92. The summed E-state index contributed by atoms with van der Waals surface area (Å²) in [5.74, 6) is 0.362. The topological polar surface area (TPSA) is 49.9 Å². The van der Waals surface area contributed by atoms with Crippen LogP contribution in [-0.4, -0.2) is 40.5 Å². The largest absolute Gasteiger partial charge is 0.443 e. The lowest BCUT2D eigenvalue weighted by Gasteiger charge is -2.26. The van der Waals surface area contributed by atoms with Crippen LogP contribution in [0.25, 0.3) is 0 Å². The molecule has 0 aromatic carbocycles. The first-order valence-electron chi connectivity index (χ1n) is 5.56. The van der Waals surface area contributed by atoms with Gasteiger partial charge >= 0.3 is 6.09 Å². The molecule has 0 saturated carbocycles. The molecule has 92 valence electrons. The normalized spacial score (nSPS) is 19.2. The van der Waals surface area contributed by atoms with Crippen molar-refractivity contribution in [2.24, 2.45) is 0 Å². The third-order valence-electron chi connectivity index (χ3n) is 2.41. The van der Waals surface area contributed by atoms with E-state index >= 15 is 0 Å².